The van der Waals surface area contributed by atoms with Gasteiger partial charge >= 0.3 is 0 Å². The third-order valence-electron chi connectivity index (χ3n) is 1.76. The smallest absolute Gasteiger partial charge is 0.0431 e. The summed E-state index contributed by atoms with van der Waals surface area (Å²) in [5, 5.41) is 8.47. The summed E-state index contributed by atoms with van der Waals surface area (Å²) in [6.45, 7) is 2.60. The Hall–Kier alpha value is 0.479. The van der Waals surface area contributed by atoms with Crippen LogP contribution in [0.2, 0.25) is 0 Å². The number of hydrogen-bond acceptors (Lipinski definition) is 1. The van der Waals surface area contributed by atoms with Crippen molar-refractivity contribution in [1.82, 2.24) is 0 Å². The molecule has 0 saturated heterocycles. The zero-order valence-electron chi connectivity index (χ0n) is 7.41. The van der Waals surface area contributed by atoms with Gasteiger partial charge in [0.25, 0.3) is 0 Å². The monoisotopic (exact) mass is 207 g/mol. The number of rotatable bonds is 7. The van der Waals surface area contributed by atoms with Crippen molar-refractivity contribution in [2.75, 3.05) is 6.61 Å². The van der Waals surface area contributed by atoms with Gasteiger partial charge in [-0.1, -0.05) is 45.4 Å². The Morgan fingerprint density at radius 1 is 0.818 bits per heavy atom. The van der Waals surface area contributed by atoms with Gasteiger partial charge in [-0.3, -0.25) is 0 Å². The van der Waals surface area contributed by atoms with E-state index in [0.717, 1.165) is 6.42 Å². The normalized spacial score (nSPS) is 9.27. The summed E-state index contributed by atoms with van der Waals surface area (Å²) in [6.07, 6.45) is 8.93. The fraction of sp³-hybridized carbons (Fsp3) is 1.00. The SMILES string of the molecule is CCCCCCCCCO.[Cu]. The van der Waals surface area contributed by atoms with E-state index in [1.54, 1.807) is 0 Å². The maximum atomic E-state index is 8.47. The molecule has 0 unspecified atom stereocenters. The van der Waals surface area contributed by atoms with Crippen LogP contribution in [-0.2, 0) is 17.1 Å². The molecule has 73 valence electrons. The Balaban J connectivity index is 0. The first-order chi connectivity index (χ1) is 4.91. The second kappa shape index (κ2) is 13.1. The maximum absolute atomic E-state index is 8.47. The molecule has 0 aliphatic rings. The van der Waals surface area contributed by atoms with Crippen LogP contribution in [0, 0.1) is 0 Å². The van der Waals surface area contributed by atoms with Crippen LogP contribution in [0.4, 0.5) is 0 Å². The van der Waals surface area contributed by atoms with E-state index in [1.165, 1.54) is 38.5 Å². The molecule has 1 N–H and O–H groups in total. The van der Waals surface area contributed by atoms with Gasteiger partial charge in [0, 0.05) is 23.7 Å². The summed E-state index contributed by atoms with van der Waals surface area (Å²) in [6, 6.07) is 0. The number of aliphatic hydroxyl groups is 1. The number of aliphatic hydroxyl groups excluding tert-OH is 1. The molecule has 0 aromatic carbocycles. The van der Waals surface area contributed by atoms with Gasteiger partial charge in [0.05, 0.1) is 0 Å². The molecule has 0 heterocycles. The number of hydrogen-bond donors (Lipinski definition) is 1. The van der Waals surface area contributed by atoms with Gasteiger partial charge in [0.1, 0.15) is 0 Å². The molecule has 0 rings (SSSR count). The van der Waals surface area contributed by atoms with E-state index in [-0.39, 0.29) is 17.1 Å². The predicted molar refractivity (Wildman–Crippen MR) is 45.1 cm³/mol. The molecule has 0 fully saturated rings. The maximum Gasteiger partial charge on any atom is 0.0431 e. The third-order valence-corrected chi connectivity index (χ3v) is 1.76. The molecule has 11 heavy (non-hydrogen) atoms. The summed E-state index contributed by atoms with van der Waals surface area (Å²) < 4.78 is 0. The largest absolute Gasteiger partial charge is 0.396 e. The molecule has 0 aliphatic heterocycles. The fourth-order valence-corrected chi connectivity index (χ4v) is 1.07. The van der Waals surface area contributed by atoms with E-state index in [2.05, 4.69) is 6.92 Å². The first-order valence-corrected chi connectivity index (χ1v) is 4.52. The minimum Gasteiger partial charge on any atom is -0.396 e. The van der Waals surface area contributed by atoms with Crippen LogP contribution >= 0.6 is 0 Å². The first kappa shape index (κ1) is 14.0. The van der Waals surface area contributed by atoms with E-state index >= 15 is 0 Å². The van der Waals surface area contributed by atoms with Crippen LogP contribution in [0.1, 0.15) is 51.9 Å². The molecule has 1 radical (unpaired) electrons. The van der Waals surface area contributed by atoms with Gasteiger partial charge in [0.15, 0.2) is 0 Å². The van der Waals surface area contributed by atoms with E-state index in [9.17, 15) is 0 Å². The average Bonchev–Trinajstić information content (AvgIpc) is 1.97. The summed E-state index contributed by atoms with van der Waals surface area (Å²) in [4.78, 5) is 0. The van der Waals surface area contributed by atoms with Crippen LogP contribution in [0.15, 0.2) is 0 Å². The molecular formula is C9H20CuO. The minimum absolute atomic E-state index is 0. The fourth-order valence-electron chi connectivity index (χ4n) is 1.07. The van der Waals surface area contributed by atoms with E-state index in [1.807, 2.05) is 0 Å². The van der Waals surface area contributed by atoms with Gasteiger partial charge in [-0.05, 0) is 6.42 Å². The topological polar surface area (TPSA) is 20.2 Å². The third kappa shape index (κ3) is 13.5. The van der Waals surface area contributed by atoms with Gasteiger partial charge in [-0.2, -0.15) is 0 Å². The van der Waals surface area contributed by atoms with E-state index in [0.29, 0.717) is 6.61 Å². The molecule has 0 atom stereocenters. The van der Waals surface area contributed by atoms with E-state index in [4.69, 9.17) is 5.11 Å². The van der Waals surface area contributed by atoms with Gasteiger partial charge in [-0.15, -0.1) is 0 Å². The second-order valence-electron chi connectivity index (χ2n) is 2.84. The Bertz CT molecular complexity index is 49.5. The molecule has 0 spiro atoms. The molecule has 1 nitrogen and oxygen atoms in total. The van der Waals surface area contributed by atoms with Crippen molar-refractivity contribution in [2.45, 2.75) is 51.9 Å². The molecule has 0 aliphatic carbocycles. The van der Waals surface area contributed by atoms with Crippen LogP contribution < -0.4 is 0 Å². The van der Waals surface area contributed by atoms with Crippen molar-refractivity contribution >= 4 is 0 Å². The van der Waals surface area contributed by atoms with Gasteiger partial charge < -0.3 is 5.11 Å². The van der Waals surface area contributed by atoms with Crippen LogP contribution in [0.25, 0.3) is 0 Å². The Morgan fingerprint density at radius 2 is 1.27 bits per heavy atom. The molecule has 0 saturated carbocycles. The minimum atomic E-state index is 0. The Morgan fingerprint density at radius 3 is 1.73 bits per heavy atom. The zero-order valence-corrected chi connectivity index (χ0v) is 8.35. The van der Waals surface area contributed by atoms with Crippen molar-refractivity contribution in [3.63, 3.8) is 0 Å². The average molecular weight is 208 g/mol. The zero-order chi connectivity index (χ0) is 7.66. The van der Waals surface area contributed by atoms with Crippen LogP contribution in [-0.4, -0.2) is 11.7 Å². The summed E-state index contributed by atoms with van der Waals surface area (Å²) >= 11 is 0. The van der Waals surface area contributed by atoms with Crippen molar-refractivity contribution in [2.24, 2.45) is 0 Å². The molecule has 0 amide bonds. The summed E-state index contributed by atoms with van der Waals surface area (Å²) in [5.41, 5.74) is 0. The van der Waals surface area contributed by atoms with Gasteiger partial charge in [0.2, 0.25) is 0 Å². The van der Waals surface area contributed by atoms with Gasteiger partial charge in [-0.25, -0.2) is 0 Å². The van der Waals surface area contributed by atoms with Crippen LogP contribution in [0.3, 0.4) is 0 Å². The quantitative estimate of drug-likeness (QED) is 0.503. The Labute approximate surface area is 81.0 Å². The molecule has 0 aromatic rings. The van der Waals surface area contributed by atoms with Crippen molar-refractivity contribution in [3.05, 3.63) is 0 Å². The van der Waals surface area contributed by atoms with Crippen LogP contribution in [0.5, 0.6) is 0 Å². The molecule has 2 heteroatoms. The van der Waals surface area contributed by atoms with Crippen molar-refractivity contribution in [3.8, 4) is 0 Å². The summed E-state index contributed by atoms with van der Waals surface area (Å²) in [7, 11) is 0. The molecular weight excluding hydrogens is 188 g/mol. The summed E-state index contributed by atoms with van der Waals surface area (Å²) in [5.74, 6) is 0. The van der Waals surface area contributed by atoms with Crippen molar-refractivity contribution in [1.29, 1.82) is 0 Å². The standard InChI is InChI=1S/C9H20O.Cu/c1-2-3-4-5-6-7-8-9-10;/h10H,2-9H2,1H3;. The first-order valence-electron chi connectivity index (χ1n) is 4.52. The number of unbranched alkanes of at least 4 members (excludes halogenated alkanes) is 6. The van der Waals surface area contributed by atoms with E-state index < -0.39 is 0 Å². The molecule has 0 bridgehead atoms. The van der Waals surface area contributed by atoms with Crippen molar-refractivity contribution < 1.29 is 22.2 Å². The molecule has 0 aromatic heterocycles. The predicted octanol–water partition coefficient (Wildman–Crippen LogP) is 2.73. The Kier molecular flexibility index (Phi) is 16.7. The second-order valence-corrected chi connectivity index (χ2v) is 2.84.